The van der Waals surface area contributed by atoms with Gasteiger partial charge in [0.25, 0.3) is 0 Å². The number of aromatic nitrogens is 1. The first-order valence-corrected chi connectivity index (χ1v) is 9.59. The molecule has 0 saturated carbocycles. The molecule has 3 atom stereocenters. The lowest BCUT2D eigenvalue weighted by Gasteiger charge is -2.46. The number of furan rings is 1. The highest BCUT2D eigenvalue weighted by Crippen LogP contribution is 2.45. The van der Waals surface area contributed by atoms with Crippen LogP contribution in [0.5, 0.6) is 0 Å². The number of methoxy groups -OCH3 is 1. The van der Waals surface area contributed by atoms with Gasteiger partial charge < -0.3 is 14.1 Å². The fourth-order valence-corrected chi connectivity index (χ4v) is 4.83. The van der Waals surface area contributed by atoms with E-state index in [1.165, 1.54) is 12.7 Å². The fraction of sp³-hybridized carbons (Fsp3) is 0.364. The first kappa shape index (κ1) is 17.3. The average Bonchev–Trinajstić information content (AvgIpc) is 3.27. The predicted octanol–water partition coefficient (Wildman–Crippen LogP) is 3.30. The molecule has 0 spiro atoms. The van der Waals surface area contributed by atoms with Crippen molar-refractivity contribution in [1.29, 1.82) is 0 Å². The third-order valence-electron chi connectivity index (χ3n) is 6.13. The zero-order valence-corrected chi connectivity index (χ0v) is 15.9. The van der Waals surface area contributed by atoms with Crippen LogP contribution in [0.2, 0.25) is 0 Å². The standard InChI is InChI=1S/C22H22N2O4/c1-12-7-8-13(28-12)11-24-18-10-16(22(26)27-2)21(25)19(24)9-15-14-5-3-4-6-17(14)23-20(15)18/h3-8,16,18-19,23H,9-11H2,1-2H3. The summed E-state index contributed by atoms with van der Waals surface area (Å²) in [4.78, 5) is 31.2. The minimum Gasteiger partial charge on any atom is -0.468 e. The number of rotatable bonds is 3. The highest BCUT2D eigenvalue weighted by atomic mass is 16.5. The van der Waals surface area contributed by atoms with Gasteiger partial charge in [0, 0.05) is 16.6 Å². The van der Waals surface area contributed by atoms with Gasteiger partial charge in [0.1, 0.15) is 17.4 Å². The first-order chi connectivity index (χ1) is 13.6. The Hall–Kier alpha value is -2.86. The maximum atomic E-state index is 13.2. The van der Waals surface area contributed by atoms with Crippen LogP contribution in [0.4, 0.5) is 0 Å². The van der Waals surface area contributed by atoms with E-state index in [2.05, 4.69) is 22.0 Å². The van der Waals surface area contributed by atoms with Gasteiger partial charge in [-0.15, -0.1) is 0 Å². The molecule has 2 aliphatic rings. The van der Waals surface area contributed by atoms with Crippen LogP contribution in [0.15, 0.2) is 40.8 Å². The molecule has 28 heavy (non-hydrogen) atoms. The molecule has 5 rings (SSSR count). The molecule has 1 aromatic carbocycles. The normalized spacial score (nSPS) is 24.4. The number of Topliss-reactive ketones (excluding diaryl/α,β-unsaturated/α-hetero) is 1. The van der Waals surface area contributed by atoms with Gasteiger partial charge in [0.15, 0.2) is 5.78 Å². The number of nitrogens with zero attached hydrogens (tertiary/aromatic N) is 1. The fourth-order valence-electron chi connectivity index (χ4n) is 4.83. The molecule has 4 heterocycles. The summed E-state index contributed by atoms with van der Waals surface area (Å²) in [6, 6.07) is 11.6. The number of aryl methyl sites for hydroxylation is 1. The molecule has 3 aromatic rings. The van der Waals surface area contributed by atoms with E-state index in [9.17, 15) is 9.59 Å². The number of hydrogen-bond donors (Lipinski definition) is 1. The van der Waals surface area contributed by atoms with Crippen LogP contribution in [-0.4, -0.2) is 34.8 Å². The Morgan fingerprint density at radius 3 is 2.82 bits per heavy atom. The van der Waals surface area contributed by atoms with E-state index in [1.54, 1.807) is 0 Å². The summed E-state index contributed by atoms with van der Waals surface area (Å²) in [7, 11) is 1.35. The summed E-state index contributed by atoms with van der Waals surface area (Å²) in [5, 5.41) is 1.16. The topological polar surface area (TPSA) is 75.5 Å². The van der Waals surface area contributed by atoms with Crippen LogP contribution in [0.1, 0.15) is 35.2 Å². The quantitative estimate of drug-likeness (QED) is 0.559. The van der Waals surface area contributed by atoms with Gasteiger partial charge in [0.05, 0.1) is 25.7 Å². The minimum atomic E-state index is -0.714. The summed E-state index contributed by atoms with van der Waals surface area (Å²) in [5.74, 6) is 0.475. The van der Waals surface area contributed by atoms with Crippen molar-refractivity contribution in [2.75, 3.05) is 7.11 Å². The molecular formula is C22H22N2O4. The molecule has 144 valence electrons. The van der Waals surface area contributed by atoms with Crippen molar-refractivity contribution in [3.8, 4) is 0 Å². The molecule has 0 radical (unpaired) electrons. The maximum Gasteiger partial charge on any atom is 0.316 e. The van der Waals surface area contributed by atoms with Crippen molar-refractivity contribution in [2.45, 2.75) is 38.4 Å². The zero-order valence-electron chi connectivity index (χ0n) is 15.9. The summed E-state index contributed by atoms with van der Waals surface area (Å²) >= 11 is 0. The van der Waals surface area contributed by atoms with Crippen molar-refractivity contribution < 1.29 is 18.7 Å². The Morgan fingerprint density at radius 2 is 2.07 bits per heavy atom. The van der Waals surface area contributed by atoms with E-state index >= 15 is 0 Å². The summed E-state index contributed by atoms with van der Waals surface area (Å²) in [5.41, 5.74) is 3.35. The molecule has 6 nitrogen and oxygen atoms in total. The molecule has 3 unspecified atom stereocenters. The highest BCUT2D eigenvalue weighted by Gasteiger charge is 2.50. The number of piperidine rings is 1. The maximum absolute atomic E-state index is 13.2. The smallest absolute Gasteiger partial charge is 0.316 e. The SMILES string of the molecule is COC(=O)C1CC2c3[nH]c4ccccc4c3CC(C1=O)N2Cc1ccc(C)o1. The van der Waals surface area contributed by atoms with Crippen molar-refractivity contribution in [2.24, 2.45) is 5.92 Å². The lowest BCUT2D eigenvalue weighted by atomic mass is 9.76. The summed E-state index contributed by atoms with van der Waals surface area (Å²) in [6.45, 7) is 2.45. The van der Waals surface area contributed by atoms with Gasteiger partial charge in [-0.25, -0.2) is 0 Å². The monoisotopic (exact) mass is 378 g/mol. The molecule has 2 aliphatic heterocycles. The van der Waals surface area contributed by atoms with Gasteiger partial charge in [-0.2, -0.15) is 0 Å². The minimum absolute atomic E-state index is 0.0534. The van der Waals surface area contributed by atoms with E-state index in [1.807, 2.05) is 31.2 Å². The third kappa shape index (κ3) is 2.52. The van der Waals surface area contributed by atoms with E-state index in [0.717, 1.165) is 28.1 Å². The third-order valence-corrected chi connectivity index (χ3v) is 6.13. The van der Waals surface area contributed by atoms with Crippen LogP contribution in [0.3, 0.4) is 0 Å². The molecule has 0 amide bonds. The number of aromatic amines is 1. The van der Waals surface area contributed by atoms with Gasteiger partial charge >= 0.3 is 5.97 Å². The molecule has 2 aromatic heterocycles. The lowest BCUT2D eigenvalue weighted by molar-refractivity contribution is -0.156. The van der Waals surface area contributed by atoms with Crippen LogP contribution in [0.25, 0.3) is 10.9 Å². The Balaban J connectivity index is 1.61. The van der Waals surface area contributed by atoms with E-state index in [-0.39, 0.29) is 17.9 Å². The first-order valence-electron chi connectivity index (χ1n) is 9.59. The average molecular weight is 378 g/mol. The van der Waals surface area contributed by atoms with Gasteiger partial charge in [-0.1, -0.05) is 18.2 Å². The predicted molar refractivity (Wildman–Crippen MR) is 103 cm³/mol. The van der Waals surface area contributed by atoms with Crippen LogP contribution >= 0.6 is 0 Å². The second-order valence-corrected chi connectivity index (χ2v) is 7.70. The largest absolute Gasteiger partial charge is 0.468 e. The summed E-state index contributed by atoms with van der Waals surface area (Å²) < 4.78 is 10.7. The zero-order chi connectivity index (χ0) is 19.4. The Morgan fingerprint density at radius 1 is 1.25 bits per heavy atom. The van der Waals surface area contributed by atoms with E-state index < -0.39 is 11.9 Å². The van der Waals surface area contributed by atoms with Crippen LogP contribution < -0.4 is 0 Å². The number of ether oxygens (including phenoxy) is 1. The lowest BCUT2D eigenvalue weighted by Crippen LogP contribution is -2.56. The molecule has 1 N–H and O–H groups in total. The number of ketones is 1. The molecule has 6 heteroatoms. The Kier molecular flexibility index (Phi) is 3.91. The molecule has 1 fully saturated rings. The van der Waals surface area contributed by atoms with Gasteiger partial charge in [-0.05, 0) is 43.5 Å². The second-order valence-electron chi connectivity index (χ2n) is 7.70. The number of benzene rings is 1. The van der Waals surface area contributed by atoms with Gasteiger partial charge in [-0.3, -0.25) is 14.5 Å². The molecule has 0 aliphatic carbocycles. The van der Waals surface area contributed by atoms with Gasteiger partial charge in [0.2, 0.25) is 0 Å². The van der Waals surface area contributed by atoms with Crippen molar-refractivity contribution in [3.63, 3.8) is 0 Å². The van der Waals surface area contributed by atoms with Crippen LogP contribution in [-0.2, 0) is 27.3 Å². The number of H-pyrrole nitrogens is 1. The Labute approximate surface area is 162 Å². The van der Waals surface area contributed by atoms with Crippen molar-refractivity contribution in [3.05, 3.63) is 59.2 Å². The van der Waals surface area contributed by atoms with E-state index in [4.69, 9.17) is 9.15 Å². The Bertz CT molecular complexity index is 1080. The summed E-state index contributed by atoms with van der Waals surface area (Å²) in [6.07, 6.45) is 1.00. The number of fused-ring (bicyclic) bond motifs is 6. The number of carbonyl (C=O) groups is 2. The molecule has 2 bridgehead atoms. The number of hydrogen-bond acceptors (Lipinski definition) is 5. The number of carbonyl (C=O) groups excluding carboxylic acids is 2. The van der Waals surface area contributed by atoms with Crippen LogP contribution in [0, 0.1) is 12.8 Å². The molecule has 1 saturated heterocycles. The number of nitrogens with one attached hydrogen (secondary N) is 1. The van der Waals surface area contributed by atoms with E-state index in [0.29, 0.717) is 19.4 Å². The molecular weight excluding hydrogens is 356 g/mol. The number of esters is 1. The second kappa shape index (κ2) is 6.34. The van der Waals surface area contributed by atoms with Crippen molar-refractivity contribution in [1.82, 2.24) is 9.88 Å². The number of para-hydroxylation sites is 1. The van der Waals surface area contributed by atoms with Crippen molar-refractivity contribution >= 4 is 22.7 Å². The highest BCUT2D eigenvalue weighted by molar-refractivity contribution is 6.03.